The van der Waals surface area contributed by atoms with Crippen molar-refractivity contribution in [1.82, 2.24) is 20.2 Å². The second kappa shape index (κ2) is 8.28. The second-order valence-corrected chi connectivity index (χ2v) is 5.81. The summed E-state index contributed by atoms with van der Waals surface area (Å²) in [4.78, 5) is 36.0. The average molecular weight is 355 g/mol. The summed E-state index contributed by atoms with van der Waals surface area (Å²) in [5.74, 6) is 0.310. The van der Waals surface area contributed by atoms with E-state index in [2.05, 4.69) is 20.2 Å². The molecule has 1 fully saturated rings. The lowest BCUT2D eigenvalue weighted by atomic mass is 10.2. The number of para-hydroxylation sites is 2. The summed E-state index contributed by atoms with van der Waals surface area (Å²) < 4.78 is 5.40. The number of nitrogens with one attached hydrogen (secondary N) is 1. The molecule has 2 heterocycles. The number of methoxy groups -OCH3 is 1. The number of aromatic nitrogens is 2. The van der Waals surface area contributed by atoms with Gasteiger partial charge in [-0.2, -0.15) is 0 Å². The van der Waals surface area contributed by atoms with Gasteiger partial charge in [-0.05, 0) is 12.1 Å². The number of piperazine rings is 1. The average Bonchev–Trinajstić information content (AvgIpc) is 2.72. The minimum atomic E-state index is -0.404. The molecular weight excluding hydrogens is 334 g/mol. The van der Waals surface area contributed by atoms with Gasteiger partial charge in [0.2, 0.25) is 5.91 Å². The number of carbonyl (C=O) groups is 2. The van der Waals surface area contributed by atoms with E-state index in [9.17, 15) is 9.59 Å². The number of hydrogen-bond donors (Lipinski definition) is 1. The van der Waals surface area contributed by atoms with Gasteiger partial charge in [-0.15, -0.1) is 0 Å². The molecule has 1 saturated heterocycles. The predicted octanol–water partition coefficient (Wildman–Crippen LogP) is 0.564. The number of carbonyl (C=O) groups excluding carboxylic acids is 2. The summed E-state index contributed by atoms with van der Waals surface area (Å²) in [6.07, 6.45) is 4.29. The summed E-state index contributed by atoms with van der Waals surface area (Å²) in [5.41, 5.74) is 1.22. The lowest BCUT2D eigenvalue weighted by Crippen LogP contribution is -2.51. The molecule has 2 aromatic rings. The Hall–Kier alpha value is -3.16. The fourth-order valence-corrected chi connectivity index (χ4v) is 2.86. The van der Waals surface area contributed by atoms with Crippen LogP contribution in [-0.2, 0) is 4.79 Å². The van der Waals surface area contributed by atoms with E-state index in [1.54, 1.807) is 12.0 Å². The van der Waals surface area contributed by atoms with E-state index in [0.29, 0.717) is 26.2 Å². The van der Waals surface area contributed by atoms with Crippen molar-refractivity contribution in [2.45, 2.75) is 0 Å². The molecule has 1 N–H and O–H groups in total. The highest BCUT2D eigenvalue weighted by molar-refractivity contribution is 5.94. The van der Waals surface area contributed by atoms with Crippen LogP contribution in [0.25, 0.3) is 0 Å². The van der Waals surface area contributed by atoms with Crippen LogP contribution in [0.5, 0.6) is 5.75 Å². The van der Waals surface area contributed by atoms with E-state index < -0.39 is 5.91 Å². The highest BCUT2D eigenvalue weighted by Gasteiger charge is 2.23. The van der Waals surface area contributed by atoms with Crippen LogP contribution in [0, 0.1) is 0 Å². The van der Waals surface area contributed by atoms with Crippen molar-refractivity contribution in [3.63, 3.8) is 0 Å². The Balaban J connectivity index is 1.50. The van der Waals surface area contributed by atoms with E-state index in [4.69, 9.17) is 4.74 Å². The highest BCUT2D eigenvalue weighted by atomic mass is 16.5. The first-order valence-corrected chi connectivity index (χ1v) is 8.39. The number of anilines is 1. The van der Waals surface area contributed by atoms with Crippen molar-refractivity contribution in [1.29, 1.82) is 0 Å². The van der Waals surface area contributed by atoms with Crippen LogP contribution >= 0.6 is 0 Å². The van der Waals surface area contributed by atoms with E-state index in [1.165, 1.54) is 18.6 Å². The normalized spacial score (nSPS) is 14.0. The molecule has 3 rings (SSSR count). The number of ether oxygens (including phenoxy) is 1. The molecule has 1 aromatic carbocycles. The van der Waals surface area contributed by atoms with Gasteiger partial charge in [0.15, 0.2) is 0 Å². The summed E-state index contributed by atoms with van der Waals surface area (Å²) in [6, 6.07) is 7.84. The van der Waals surface area contributed by atoms with Crippen molar-refractivity contribution in [2.24, 2.45) is 0 Å². The predicted molar refractivity (Wildman–Crippen MR) is 96.2 cm³/mol. The number of nitrogens with zero attached hydrogens (tertiary/aromatic N) is 4. The van der Waals surface area contributed by atoms with Crippen LogP contribution in [0.1, 0.15) is 10.5 Å². The molecule has 136 valence electrons. The minimum Gasteiger partial charge on any atom is -0.495 e. The first kappa shape index (κ1) is 17.7. The quantitative estimate of drug-likeness (QED) is 0.843. The molecule has 0 atom stereocenters. The van der Waals surface area contributed by atoms with Crippen LogP contribution in [-0.4, -0.2) is 66.5 Å². The molecule has 1 aliphatic rings. The fourth-order valence-electron chi connectivity index (χ4n) is 2.86. The summed E-state index contributed by atoms with van der Waals surface area (Å²) >= 11 is 0. The van der Waals surface area contributed by atoms with Crippen LogP contribution in [0.3, 0.4) is 0 Å². The Kier molecular flexibility index (Phi) is 5.62. The van der Waals surface area contributed by atoms with Crippen LogP contribution in [0.2, 0.25) is 0 Å². The van der Waals surface area contributed by atoms with Crippen LogP contribution < -0.4 is 15.0 Å². The van der Waals surface area contributed by atoms with Gasteiger partial charge in [-0.1, -0.05) is 12.1 Å². The fraction of sp³-hybridized carbons (Fsp3) is 0.333. The molecule has 0 bridgehead atoms. The number of amides is 2. The van der Waals surface area contributed by atoms with Crippen LogP contribution in [0.4, 0.5) is 5.69 Å². The first-order chi connectivity index (χ1) is 12.7. The highest BCUT2D eigenvalue weighted by Crippen LogP contribution is 2.28. The summed E-state index contributed by atoms with van der Waals surface area (Å²) in [5, 5.41) is 2.59. The molecule has 8 nitrogen and oxygen atoms in total. The van der Waals surface area contributed by atoms with Gasteiger partial charge >= 0.3 is 0 Å². The van der Waals surface area contributed by atoms with Gasteiger partial charge in [0, 0.05) is 38.6 Å². The Labute approximate surface area is 151 Å². The molecule has 1 aliphatic heterocycles. The van der Waals surface area contributed by atoms with Crippen molar-refractivity contribution in [3.05, 3.63) is 48.5 Å². The molecule has 2 amide bonds. The third-order valence-corrected chi connectivity index (χ3v) is 4.25. The van der Waals surface area contributed by atoms with Crippen molar-refractivity contribution in [3.8, 4) is 5.75 Å². The Morgan fingerprint density at radius 1 is 1.15 bits per heavy atom. The number of benzene rings is 1. The maximum absolute atomic E-state index is 12.3. The van der Waals surface area contributed by atoms with Gasteiger partial charge in [0.1, 0.15) is 11.4 Å². The number of hydrogen-bond acceptors (Lipinski definition) is 6. The molecule has 26 heavy (non-hydrogen) atoms. The van der Waals surface area contributed by atoms with E-state index in [0.717, 1.165) is 11.4 Å². The number of rotatable bonds is 5. The van der Waals surface area contributed by atoms with Gasteiger partial charge in [0.05, 0.1) is 25.5 Å². The smallest absolute Gasteiger partial charge is 0.271 e. The van der Waals surface area contributed by atoms with Gasteiger partial charge < -0.3 is 19.9 Å². The van der Waals surface area contributed by atoms with Crippen molar-refractivity contribution < 1.29 is 14.3 Å². The molecule has 1 aromatic heterocycles. The lowest BCUT2D eigenvalue weighted by molar-refractivity contribution is -0.130. The zero-order valence-electron chi connectivity index (χ0n) is 14.6. The van der Waals surface area contributed by atoms with Gasteiger partial charge in [-0.3, -0.25) is 14.6 Å². The third-order valence-electron chi connectivity index (χ3n) is 4.25. The minimum absolute atomic E-state index is 0.0515. The largest absolute Gasteiger partial charge is 0.495 e. The Morgan fingerprint density at radius 3 is 2.62 bits per heavy atom. The molecule has 0 saturated carbocycles. The van der Waals surface area contributed by atoms with Crippen molar-refractivity contribution in [2.75, 3.05) is 44.7 Å². The topological polar surface area (TPSA) is 87.7 Å². The van der Waals surface area contributed by atoms with Crippen molar-refractivity contribution >= 4 is 17.5 Å². The van der Waals surface area contributed by atoms with Gasteiger partial charge in [-0.25, -0.2) is 4.98 Å². The zero-order chi connectivity index (χ0) is 18.4. The van der Waals surface area contributed by atoms with Crippen LogP contribution in [0.15, 0.2) is 42.9 Å². The molecule has 0 radical (unpaired) electrons. The van der Waals surface area contributed by atoms with E-state index in [-0.39, 0.29) is 18.1 Å². The molecule has 0 spiro atoms. The SMILES string of the molecule is COc1ccccc1N1CCN(C(=O)CNC(=O)c2cnccn2)CC1. The first-order valence-electron chi connectivity index (χ1n) is 8.39. The Morgan fingerprint density at radius 2 is 1.92 bits per heavy atom. The van der Waals surface area contributed by atoms with Gasteiger partial charge in [0.25, 0.3) is 5.91 Å². The molecule has 0 unspecified atom stereocenters. The molecule has 8 heteroatoms. The standard InChI is InChI=1S/C18H21N5O3/c1-26-16-5-3-2-4-15(16)22-8-10-23(11-9-22)17(24)13-21-18(25)14-12-19-6-7-20-14/h2-7,12H,8-11,13H2,1H3,(H,21,25). The lowest BCUT2D eigenvalue weighted by Gasteiger charge is -2.36. The second-order valence-electron chi connectivity index (χ2n) is 5.81. The third kappa shape index (κ3) is 4.08. The monoisotopic (exact) mass is 355 g/mol. The summed E-state index contributed by atoms with van der Waals surface area (Å²) in [7, 11) is 1.65. The molecular formula is C18H21N5O3. The maximum atomic E-state index is 12.3. The molecule has 0 aliphatic carbocycles. The zero-order valence-corrected chi connectivity index (χ0v) is 14.6. The Bertz CT molecular complexity index is 760. The van der Waals surface area contributed by atoms with E-state index in [1.807, 2.05) is 24.3 Å². The maximum Gasteiger partial charge on any atom is 0.271 e. The van der Waals surface area contributed by atoms with E-state index >= 15 is 0 Å². The summed E-state index contributed by atoms with van der Waals surface area (Å²) in [6.45, 7) is 2.56.